The van der Waals surface area contributed by atoms with Crippen molar-refractivity contribution in [3.63, 3.8) is 0 Å². The van der Waals surface area contributed by atoms with Crippen LogP contribution in [0.2, 0.25) is 0 Å². The zero-order valence-corrected chi connectivity index (χ0v) is 23.8. The second kappa shape index (κ2) is 9.62. The molecular formula is C41H26N2O. The lowest BCUT2D eigenvalue weighted by atomic mass is 9.66. The van der Waals surface area contributed by atoms with Crippen molar-refractivity contribution in [3.8, 4) is 56.5 Å². The highest BCUT2D eigenvalue weighted by atomic mass is 16.5. The average Bonchev–Trinajstić information content (AvgIpc) is 3.39. The minimum atomic E-state index is -0.523. The number of para-hydroxylation sites is 2. The molecule has 1 aliphatic heterocycles. The third-order valence-electron chi connectivity index (χ3n) is 8.97. The van der Waals surface area contributed by atoms with Gasteiger partial charge in [0.2, 0.25) is 0 Å². The molecule has 0 bridgehead atoms. The summed E-state index contributed by atoms with van der Waals surface area (Å²) >= 11 is 0. The maximum Gasteiger partial charge on any atom is 0.160 e. The summed E-state index contributed by atoms with van der Waals surface area (Å²) < 4.78 is 6.52. The average molecular weight is 563 g/mol. The first-order valence-electron chi connectivity index (χ1n) is 14.9. The van der Waals surface area contributed by atoms with Crippen LogP contribution in [0.15, 0.2) is 158 Å². The molecule has 0 radical (unpaired) electrons. The lowest BCUT2D eigenvalue weighted by Crippen LogP contribution is -2.32. The molecule has 2 aliphatic rings. The Morgan fingerprint density at radius 2 is 0.909 bits per heavy atom. The van der Waals surface area contributed by atoms with Crippen LogP contribution in [0.1, 0.15) is 22.3 Å². The van der Waals surface area contributed by atoms with Crippen molar-refractivity contribution < 1.29 is 4.74 Å². The van der Waals surface area contributed by atoms with Crippen LogP contribution in [0.25, 0.3) is 45.0 Å². The van der Waals surface area contributed by atoms with E-state index in [0.29, 0.717) is 5.82 Å². The van der Waals surface area contributed by atoms with Crippen molar-refractivity contribution in [2.24, 2.45) is 0 Å². The summed E-state index contributed by atoms with van der Waals surface area (Å²) in [4.78, 5) is 10.2. The number of aromatic nitrogens is 2. The van der Waals surface area contributed by atoms with E-state index in [4.69, 9.17) is 14.7 Å². The fraction of sp³-hybridized carbons (Fsp3) is 0.0244. The quantitative estimate of drug-likeness (QED) is 0.215. The standard InChI is InChI=1S/C41H26N2O/c1-3-13-27(14-4-1)36-26-37(43-40(42-36)28-15-5-2-6-16-28)29-23-24-31-30-17-7-8-18-32(30)41(35(31)25-29)33-19-9-11-21-38(33)44-39-22-12-10-20-34(39)41/h1-26H. The second-order valence-corrected chi connectivity index (χ2v) is 11.3. The van der Waals surface area contributed by atoms with Crippen molar-refractivity contribution in [1.29, 1.82) is 0 Å². The van der Waals surface area contributed by atoms with Crippen molar-refractivity contribution >= 4 is 0 Å². The summed E-state index contributed by atoms with van der Waals surface area (Å²) in [5.74, 6) is 2.49. The van der Waals surface area contributed by atoms with Crippen LogP contribution in [-0.4, -0.2) is 9.97 Å². The van der Waals surface area contributed by atoms with Gasteiger partial charge in [-0.05, 0) is 46.5 Å². The molecule has 0 saturated carbocycles. The molecule has 1 aliphatic carbocycles. The van der Waals surface area contributed by atoms with Gasteiger partial charge in [-0.3, -0.25) is 0 Å². The van der Waals surface area contributed by atoms with Crippen LogP contribution < -0.4 is 4.74 Å². The summed E-state index contributed by atoms with van der Waals surface area (Å²) in [5.41, 5.74) is 11.7. The maximum atomic E-state index is 6.52. The fourth-order valence-corrected chi connectivity index (χ4v) is 7.08. The molecule has 0 N–H and O–H groups in total. The monoisotopic (exact) mass is 562 g/mol. The van der Waals surface area contributed by atoms with Crippen LogP contribution in [0, 0.1) is 0 Å². The molecule has 0 amide bonds. The highest BCUT2D eigenvalue weighted by Gasteiger charge is 2.51. The Kier molecular flexibility index (Phi) is 5.41. The zero-order valence-electron chi connectivity index (χ0n) is 23.8. The summed E-state index contributed by atoms with van der Waals surface area (Å²) in [7, 11) is 0. The van der Waals surface area contributed by atoms with Crippen molar-refractivity contribution in [1.82, 2.24) is 9.97 Å². The van der Waals surface area contributed by atoms with Crippen molar-refractivity contribution in [3.05, 3.63) is 180 Å². The predicted molar refractivity (Wildman–Crippen MR) is 176 cm³/mol. The van der Waals surface area contributed by atoms with Gasteiger partial charge in [0.05, 0.1) is 16.8 Å². The van der Waals surface area contributed by atoms with E-state index in [1.165, 1.54) is 22.3 Å². The predicted octanol–water partition coefficient (Wildman–Crippen LogP) is 9.95. The van der Waals surface area contributed by atoms with Crippen LogP contribution in [0.4, 0.5) is 0 Å². The van der Waals surface area contributed by atoms with Crippen LogP contribution in [-0.2, 0) is 5.41 Å². The first-order chi connectivity index (χ1) is 21.8. The van der Waals surface area contributed by atoms with Crippen LogP contribution >= 0.6 is 0 Å². The molecule has 206 valence electrons. The Balaban J connectivity index is 1.33. The van der Waals surface area contributed by atoms with Crippen molar-refractivity contribution in [2.45, 2.75) is 5.41 Å². The summed E-state index contributed by atoms with van der Waals surface area (Å²) in [6, 6.07) is 55.2. The lowest BCUT2D eigenvalue weighted by molar-refractivity contribution is 0.436. The fourth-order valence-electron chi connectivity index (χ4n) is 7.08. The molecule has 7 aromatic rings. The van der Waals surface area contributed by atoms with E-state index in [2.05, 4.69) is 133 Å². The molecule has 2 heterocycles. The van der Waals surface area contributed by atoms with E-state index in [-0.39, 0.29) is 0 Å². The van der Waals surface area contributed by atoms with E-state index in [9.17, 15) is 0 Å². The molecule has 0 atom stereocenters. The van der Waals surface area contributed by atoms with Gasteiger partial charge in [-0.2, -0.15) is 0 Å². The number of fused-ring (bicyclic) bond motifs is 9. The van der Waals surface area contributed by atoms with Gasteiger partial charge in [0.1, 0.15) is 11.5 Å². The second-order valence-electron chi connectivity index (χ2n) is 11.3. The molecule has 1 aromatic heterocycles. The van der Waals surface area contributed by atoms with E-state index in [1.54, 1.807) is 0 Å². The molecular weight excluding hydrogens is 536 g/mol. The number of benzene rings is 6. The number of nitrogens with zero attached hydrogens (tertiary/aromatic N) is 2. The minimum absolute atomic E-state index is 0.523. The smallest absolute Gasteiger partial charge is 0.160 e. The molecule has 1 spiro atoms. The first-order valence-corrected chi connectivity index (χ1v) is 14.9. The normalized spacial score (nSPS) is 13.4. The highest BCUT2D eigenvalue weighted by molar-refractivity contribution is 5.90. The minimum Gasteiger partial charge on any atom is -0.457 e. The molecule has 0 saturated heterocycles. The topological polar surface area (TPSA) is 35.0 Å². The molecule has 3 heteroatoms. The van der Waals surface area contributed by atoms with Gasteiger partial charge in [-0.1, -0.05) is 133 Å². The van der Waals surface area contributed by atoms with Crippen LogP contribution in [0.5, 0.6) is 11.5 Å². The Labute approximate surface area is 256 Å². The molecule has 6 aromatic carbocycles. The van der Waals surface area contributed by atoms with Gasteiger partial charge in [0.15, 0.2) is 5.82 Å². The number of hydrogen-bond donors (Lipinski definition) is 0. The van der Waals surface area contributed by atoms with Gasteiger partial charge >= 0.3 is 0 Å². The van der Waals surface area contributed by atoms with Gasteiger partial charge in [0.25, 0.3) is 0 Å². The van der Waals surface area contributed by atoms with Crippen molar-refractivity contribution in [2.75, 3.05) is 0 Å². The lowest BCUT2D eigenvalue weighted by Gasteiger charge is -2.39. The molecule has 0 fully saturated rings. The third-order valence-corrected chi connectivity index (χ3v) is 8.97. The summed E-state index contributed by atoms with van der Waals surface area (Å²) in [5, 5.41) is 0. The Morgan fingerprint density at radius 1 is 0.386 bits per heavy atom. The van der Waals surface area contributed by atoms with E-state index in [1.807, 2.05) is 24.3 Å². The first kappa shape index (κ1) is 24.8. The summed E-state index contributed by atoms with van der Waals surface area (Å²) in [6.45, 7) is 0. The van der Waals surface area contributed by atoms with Crippen LogP contribution in [0.3, 0.4) is 0 Å². The number of rotatable bonds is 3. The van der Waals surface area contributed by atoms with E-state index >= 15 is 0 Å². The number of hydrogen-bond acceptors (Lipinski definition) is 3. The zero-order chi connectivity index (χ0) is 29.1. The maximum absolute atomic E-state index is 6.52. The van der Waals surface area contributed by atoms with E-state index < -0.39 is 5.41 Å². The SMILES string of the molecule is c1ccc(-c2cc(-c3ccc4c(c3)C3(c5ccccc5Oc5ccccc53)c3ccccc3-4)nc(-c3ccccc3)n2)cc1. The van der Waals surface area contributed by atoms with E-state index in [0.717, 1.165) is 50.7 Å². The summed E-state index contributed by atoms with van der Waals surface area (Å²) in [6.07, 6.45) is 0. The van der Waals surface area contributed by atoms with Gasteiger partial charge < -0.3 is 4.74 Å². The molecule has 44 heavy (non-hydrogen) atoms. The molecule has 3 nitrogen and oxygen atoms in total. The Hall–Kier alpha value is -5.80. The van der Waals surface area contributed by atoms with Gasteiger partial charge in [0, 0.05) is 27.8 Å². The third kappa shape index (κ3) is 3.56. The number of ether oxygens (including phenoxy) is 1. The molecule has 9 rings (SSSR count). The van der Waals surface area contributed by atoms with Gasteiger partial charge in [-0.25, -0.2) is 9.97 Å². The largest absolute Gasteiger partial charge is 0.457 e. The molecule has 0 unspecified atom stereocenters. The Morgan fingerprint density at radius 3 is 1.59 bits per heavy atom. The van der Waals surface area contributed by atoms with Gasteiger partial charge in [-0.15, -0.1) is 0 Å². The highest BCUT2D eigenvalue weighted by Crippen LogP contribution is 2.62. The Bertz CT molecular complexity index is 2100.